The first-order chi connectivity index (χ1) is 13.7. The van der Waals surface area contributed by atoms with Crippen molar-refractivity contribution >= 4 is 23.3 Å². The summed E-state index contributed by atoms with van der Waals surface area (Å²) in [5.41, 5.74) is 1.83. The summed E-state index contributed by atoms with van der Waals surface area (Å²) in [5.74, 6) is 1.71. The van der Waals surface area contributed by atoms with Crippen molar-refractivity contribution in [2.24, 2.45) is 0 Å². The van der Waals surface area contributed by atoms with Crippen LogP contribution in [0.25, 0.3) is 11.3 Å². The summed E-state index contributed by atoms with van der Waals surface area (Å²) in [6, 6.07) is 13.1. The van der Waals surface area contributed by atoms with Crippen LogP contribution in [0.3, 0.4) is 0 Å². The lowest BCUT2D eigenvalue weighted by Crippen LogP contribution is -2.28. The van der Waals surface area contributed by atoms with Gasteiger partial charge in [0.25, 0.3) is 0 Å². The van der Waals surface area contributed by atoms with Crippen LogP contribution in [0.5, 0.6) is 11.5 Å². The molecule has 0 spiro atoms. The van der Waals surface area contributed by atoms with Gasteiger partial charge in [-0.25, -0.2) is 4.98 Å². The smallest absolute Gasteiger partial charge is 0.236 e. The highest BCUT2D eigenvalue weighted by Gasteiger charge is 2.51. The SMILES string of the molecule is O=C(Nc1cnc(-c2ccccc2Cl)cn1)C1(c2ccc3c(c2)OCO3)CC1. The minimum Gasteiger partial charge on any atom is -0.454 e. The molecule has 1 amide bonds. The van der Waals surface area contributed by atoms with E-state index in [0.29, 0.717) is 28.0 Å². The van der Waals surface area contributed by atoms with Gasteiger partial charge in [0.05, 0.1) is 28.5 Å². The van der Waals surface area contributed by atoms with Gasteiger partial charge >= 0.3 is 0 Å². The molecule has 0 radical (unpaired) electrons. The molecule has 1 aliphatic carbocycles. The van der Waals surface area contributed by atoms with E-state index in [2.05, 4.69) is 15.3 Å². The van der Waals surface area contributed by atoms with Crippen molar-refractivity contribution in [1.29, 1.82) is 0 Å². The normalized spacial score (nSPS) is 15.9. The Hall–Kier alpha value is -3.12. The predicted octanol–water partition coefficient (Wildman–Crippen LogP) is 4.20. The van der Waals surface area contributed by atoms with Crippen LogP contribution in [0, 0.1) is 0 Å². The first-order valence-corrected chi connectivity index (χ1v) is 9.32. The number of halogens is 1. The van der Waals surface area contributed by atoms with Crippen LogP contribution < -0.4 is 14.8 Å². The van der Waals surface area contributed by atoms with Crippen LogP contribution in [-0.4, -0.2) is 22.7 Å². The molecule has 0 saturated heterocycles. The number of nitrogens with one attached hydrogen (secondary N) is 1. The summed E-state index contributed by atoms with van der Waals surface area (Å²) in [6.07, 6.45) is 4.72. The fourth-order valence-electron chi connectivity index (χ4n) is 3.40. The summed E-state index contributed by atoms with van der Waals surface area (Å²) >= 11 is 6.20. The van der Waals surface area contributed by atoms with E-state index in [-0.39, 0.29) is 12.7 Å². The molecule has 28 heavy (non-hydrogen) atoms. The molecule has 140 valence electrons. The molecule has 6 nitrogen and oxygen atoms in total. The molecule has 0 unspecified atom stereocenters. The standard InChI is InChI=1S/C21H16ClN3O3/c22-15-4-2-1-3-14(15)16-10-24-19(11-23-16)25-20(26)21(7-8-21)13-5-6-17-18(9-13)28-12-27-17/h1-6,9-11H,7-8,12H2,(H,24,25,26). The Balaban J connectivity index is 1.35. The van der Waals surface area contributed by atoms with Crippen molar-refractivity contribution in [2.75, 3.05) is 12.1 Å². The zero-order valence-electron chi connectivity index (χ0n) is 14.8. The van der Waals surface area contributed by atoms with Crippen LogP contribution in [0.15, 0.2) is 54.9 Å². The Morgan fingerprint density at radius 1 is 1.04 bits per heavy atom. The van der Waals surface area contributed by atoms with Crippen LogP contribution >= 0.6 is 11.6 Å². The molecule has 1 N–H and O–H groups in total. The Labute approximate surface area is 166 Å². The zero-order valence-corrected chi connectivity index (χ0v) is 15.6. The van der Waals surface area contributed by atoms with E-state index in [0.717, 1.165) is 24.0 Å². The number of fused-ring (bicyclic) bond motifs is 1. The Bertz CT molecular complexity index is 1060. The second kappa shape index (κ2) is 6.49. The van der Waals surface area contributed by atoms with Gasteiger partial charge in [0.15, 0.2) is 17.3 Å². The van der Waals surface area contributed by atoms with Gasteiger partial charge in [-0.1, -0.05) is 35.9 Å². The van der Waals surface area contributed by atoms with E-state index in [9.17, 15) is 4.79 Å². The maximum atomic E-state index is 12.9. The van der Waals surface area contributed by atoms with Gasteiger partial charge in [0, 0.05) is 5.56 Å². The number of nitrogens with zero attached hydrogens (tertiary/aromatic N) is 2. The first-order valence-electron chi connectivity index (χ1n) is 8.94. The van der Waals surface area contributed by atoms with Crippen molar-refractivity contribution in [3.05, 3.63) is 65.4 Å². The van der Waals surface area contributed by atoms with E-state index in [4.69, 9.17) is 21.1 Å². The van der Waals surface area contributed by atoms with Gasteiger partial charge in [-0.2, -0.15) is 0 Å². The number of hydrogen-bond acceptors (Lipinski definition) is 5. The van der Waals surface area contributed by atoms with Crippen molar-refractivity contribution in [1.82, 2.24) is 9.97 Å². The third-order valence-electron chi connectivity index (χ3n) is 5.15. The van der Waals surface area contributed by atoms with Crippen LogP contribution in [0.4, 0.5) is 5.82 Å². The minimum absolute atomic E-state index is 0.0915. The topological polar surface area (TPSA) is 73.3 Å². The average molecular weight is 394 g/mol. The van der Waals surface area contributed by atoms with E-state index < -0.39 is 5.41 Å². The Morgan fingerprint density at radius 3 is 2.61 bits per heavy atom. The molecular formula is C21H16ClN3O3. The Kier molecular flexibility index (Phi) is 3.94. The van der Waals surface area contributed by atoms with Crippen LogP contribution in [-0.2, 0) is 10.2 Å². The van der Waals surface area contributed by atoms with Crippen molar-refractivity contribution in [3.63, 3.8) is 0 Å². The highest BCUT2D eigenvalue weighted by atomic mass is 35.5. The van der Waals surface area contributed by atoms with E-state index >= 15 is 0 Å². The summed E-state index contributed by atoms with van der Waals surface area (Å²) in [7, 11) is 0. The molecule has 2 heterocycles. The van der Waals surface area contributed by atoms with Gasteiger partial charge in [0.2, 0.25) is 12.7 Å². The number of amides is 1. The van der Waals surface area contributed by atoms with Crippen molar-refractivity contribution in [3.8, 4) is 22.8 Å². The molecular weight excluding hydrogens is 378 g/mol. The fraction of sp³-hybridized carbons (Fsp3) is 0.190. The fourth-order valence-corrected chi connectivity index (χ4v) is 3.64. The highest BCUT2D eigenvalue weighted by Crippen LogP contribution is 2.51. The number of rotatable bonds is 4. The van der Waals surface area contributed by atoms with Crippen molar-refractivity contribution < 1.29 is 14.3 Å². The van der Waals surface area contributed by atoms with Gasteiger partial charge in [-0.05, 0) is 36.6 Å². The molecule has 2 aromatic carbocycles. The lowest BCUT2D eigenvalue weighted by molar-refractivity contribution is -0.118. The summed E-state index contributed by atoms with van der Waals surface area (Å²) < 4.78 is 10.8. The average Bonchev–Trinajstić information content (AvgIpc) is 3.40. The van der Waals surface area contributed by atoms with Gasteiger partial charge < -0.3 is 14.8 Å². The molecule has 0 atom stereocenters. The molecule has 2 aliphatic rings. The summed E-state index contributed by atoms with van der Waals surface area (Å²) in [4.78, 5) is 21.7. The number of aromatic nitrogens is 2. The molecule has 1 aromatic heterocycles. The third-order valence-corrected chi connectivity index (χ3v) is 5.48. The molecule has 1 saturated carbocycles. The lowest BCUT2D eigenvalue weighted by atomic mass is 9.94. The molecule has 0 bridgehead atoms. The van der Waals surface area contributed by atoms with E-state index in [1.807, 2.05) is 36.4 Å². The Morgan fingerprint density at radius 2 is 1.86 bits per heavy atom. The summed E-state index contributed by atoms with van der Waals surface area (Å²) in [5, 5.41) is 3.49. The number of anilines is 1. The van der Waals surface area contributed by atoms with Crippen LogP contribution in [0.1, 0.15) is 18.4 Å². The molecule has 1 aliphatic heterocycles. The zero-order chi connectivity index (χ0) is 19.1. The number of ether oxygens (including phenoxy) is 2. The quantitative estimate of drug-likeness (QED) is 0.719. The molecule has 1 fully saturated rings. The predicted molar refractivity (Wildman–Crippen MR) is 105 cm³/mol. The van der Waals surface area contributed by atoms with Crippen molar-refractivity contribution in [2.45, 2.75) is 18.3 Å². The van der Waals surface area contributed by atoms with Crippen LogP contribution in [0.2, 0.25) is 5.02 Å². The number of hydrogen-bond donors (Lipinski definition) is 1. The van der Waals surface area contributed by atoms with Gasteiger partial charge in [-0.3, -0.25) is 9.78 Å². The van der Waals surface area contributed by atoms with E-state index in [1.54, 1.807) is 18.5 Å². The number of carbonyl (C=O) groups excluding carboxylic acids is 1. The van der Waals surface area contributed by atoms with Gasteiger partial charge in [-0.15, -0.1) is 0 Å². The summed E-state index contributed by atoms with van der Waals surface area (Å²) in [6.45, 7) is 0.214. The first kappa shape index (κ1) is 17.0. The second-order valence-electron chi connectivity index (χ2n) is 6.87. The monoisotopic (exact) mass is 393 g/mol. The lowest BCUT2D eigenvalue weighted by Gasteiger charge is -2.16. The third kappa shape index (κ3) is 2.86. The molecule has 7 heteroatoms. The highest BCUT2D eigenvalue weighted by molar-refractivity contribution is 6.33. The second-order valence-corrected chi connectivity index (χ2v) is 7.28. The molecule has 5 rings (SSSR count). The number of benzene rings is 2. The molecule has 3 aromatic rings. The van der Waals surface area contributed by atoms with Gasteiger partial charge in [0.1, 0.15) is 0 Å². The minimum atomic E-state index is -0.552. The van der Waals surface area contributed by atoms with E-state index in [1.165, 1.54) is 0 Å². The maximum Gasteiger partial charge on any atom is 0.236 e. The largest absolute Gasteiger partial charge is 0.454 e. The number of carbonyl (C=O) groups is 1. The maximum absolute atomic E-state index is 12.9.